The molecular weight excluding hydrogens is 394 g/mol. The highest BCUT2D eigenvalue weighted by Gasteiger charge is 2.37. The largest absolute Gasteiger partial charge is 0.338 e. The average Bonchev–Trinajstić information content (AvgIpc) is 3.26. The van der Waals surface area contributed by atoms with Gasteiger partial charge in [-0.2, -0.15) is 0 Å². The van der Waals surface area contributed by atoms with Gasteiger partial charge in [-0.15, -0.1) is 11.3 Å². The van der Waals surface area contributed by atoms with Crippen LogP contribution in [0.25, 0.3) is 10.2 Å². The molecule has 30 heavy (non-hydrogen) atoms. The van der Waals surface area contributed by atoms with Gasteiger partial charge >= 0.3 is 0 Å². The van der Waals surface area contributed by atoms with Crippen molar-refractivity contribution in [1.82, 2.24) is 9.88 Å². The monoisotopic (exact) mass is 417 g/mol. The summed E-state index contributed by atoms with van der Waals surface area (Å²) in [6, 6.07) is 14.0. The molecule has 1 aliphatic heterocycles. The second kappa shape index (κ2) is 8.03. The van der Waals surface area contributed by atoms with Crippen molar-refractivity contribution in [3.8, 4) is 0 Å². The van der Waals surface area contributed by atoms with E-state index in [1.807, 2.05) is 47.4 Å². The minimum absolute atomic E-state index is 0.0843. The Morgan fingerprint density at radius 3 is 2.70 bits per heavy atom. The number of hydrogen-bond acceptors (Lipinski definition) is 4. The van der Waals surface area contributed by atoms with Gasteiger partial charge in [-0.05, 0) is 48.6 Å². The number of carbonyl (C=O) groups is 2. The van der Waals surface area contributed by atoms with Crippen LogP contribution in [0.5, 0.6) is 0 Å². The molecule has 152 valence electrons. The predicted octanol–water partition coefficient (Wildman–Crippen LogP) is 4.40. The number of rotatable bonds is 3. The molecule has 1 aliphatic carbocycles. The first kappa shape index (κ1) is 19.0. The molecule has 6 heteroatoms. The number of nitrogens with one attached hydrogen (secondary N) is 1. The van der Waals surface area contributed by atoms with Crippen molar-refractivity contribution >= 4 is 39.1 Å². The Morgan fingerprint density at radius 1 is 1.03 bits per heavy atom. The number of carbonyl (C=O) groups excluding carboxylic acids is 2. The zero-order valence-electron chi connectivity index (χ0n) is 16.6. The van der Waals surface area contributed by atoms with E-state index < -0.39 is 0 Å². The van der Waals surface area contributed by atoms with Crippen LogP contribution < -0.4 is 5.32 Å². The summed E-state index contributed by atoms with van der Waals surface area (Å²) in [5.41, 5.74) is 6.01. The molecule has 0 saturated carbocycles. The Hall–Kier alpha value is -2.99. The highest BCUT2D eigenvalue weighted by atomic mass is 32.1. The number of anilines is 1. The van der Waals surface area contributed by atoms with Crippen molar-refractivity contribution in [3.05, 3.63) is 71.3 Å². The minimum atomic E-state index is -0.350. The van der Waals surface area contributed by atoms with Crippen molar-refractivity contribution in [2.75, 3.05) is 11.9 Å². The molecule has 1 aromatic heterocycles. The van der Waals surface area contributed by atoms with Crippen LogP contribution in [-0.4, -0.2) is 28.2 Å². The van der Waals surface area contributed by atoms with E-state index in [-0.39, 0.29) is 23.7 Å². The van der Waals surface area contributed by atoms with E-state index in [9.17, 15) is 9.59 Å². The Labute approximate surface area is 179 Å². The maximum Gasteiger partial charge on any atom is 0.228 e. The maximum atomic E-state index is 13.4. The topological polar surface area (TPSA) is 62.3 Å². The Kier molecular flexibility index (Phi) is 5.09. The van der Waals surface area contributed by atoms with Crippen molar-refractivity contribution in [2.45, 2.75) is 25.8 Å². The number of amides is 2. The number of benzene rings is 2. The SMILES string of the molecule is O=C(Nc1ccc2ncsc2c1)C1CC=CCC1C(=O)N1CCc2ccccc2C1. The van der Waals surface area contributed by atoms with Crippen LogP contribution >= 0.6 is 11.3 Å². The molecule has 0 bridgehead atoms. The van der Waals surface area contributed by atoms with E-state index in [0.29, 0.717) is 25.9 Å². The van der Waals surface area contributed by atoms with Crippen molar-refractivity contribution < 1.29 is 9.59 Å². The molecular formula is C24H23N3O2S. The third kappa shape index (κ3) is 3.63. The molecule has 0 fully saturated rings. The molecule has 2 amide bonds. The summed E-state index contributed by atoms with van der Waals surface area (Å²) < 4.78 is 1.04. The third-order valence-electron chi connectivity index (χ3n) is 6.13. The van der Waals surface area contributed by atoms with Gasteiger partial charge in [0, 0.05) is 18.8 Å². The standard InChI is InChI=1S/C24H23N3O2S/c28-23(26-18-9-10-21-22(13-18)30-15-25-21)19-7-3-4-8-20(19)24(29)27-12-11-16-5-1-2-6-17(16)14-27/h1-6,9-10,13,15,19-20H,7-8,11-12,14H2,(H,26,28). The van der Waals surface area contributed by atoms with Gasteiger partial charge in [-0.25, -0.2) is 4.98 Å². The fraction of sp³-hybridized carbons (Fsp3) is 0.292. The van der Waals surface area contributed by atoms with Crippen LogP contribution in [0.4, 0.5) is 5.69 Å². The molecule has 5 nitrogen and oxygen atoms in total. The summed E-state index contributed by atoms with van der Waals surface area (Å²) in [4.78, 5) is 32.7. The van der Waals surface area contributed by atoms with E-state index in [4.69, 9.17) is 0 Å². The van der Waals surface area contributed by atoms with Gasteiger partial charge in [-0.3, -0.25) is 9.59 Å². The second-order valence-electron chi connectivity index (χ2n) is 7.96. The van der Waals surface area contributed by atoms with Crippen LogP contribution in [0, 0.1) is 11.8 Å². The summed E-state index contributed by atoms with van der Waals surface area (Å²) in [6.45, 7) is 1.35. The maximum absolute atomic E-state index is 13.4. The summed E-state index contributed by atoms with van der Waals surface area (Å²) in [6.07, 6.45) is 6.13. The molecule has 3 aromatic rings. The fourth-order valence-corrected chi connectivity index (χ4v) is 5.18. The van der Waals surface area contributed by atoms with Gasteiger partial charge in [0.1, 0.15) is 0 Å². The van der Waals surface area contributed by atoms with Crippen molar-refractivity contribution in [3.63, 3.8) is 0 Å². The molecule has 2 aromatic carbocycles. The number of nitrogens with zero attached hydrogens (tertiary/aromatic N) is 2. The van der Waals surface area contributed by atoms with Gasteiger partial charge in [0.05, 0.1) is 27.6 Å². The van der Waals surface area contributed by atoms with Crippen LogP contribution in [0.2, 0.25) is 0 Å². The number of fused-ring (bicyclic) bond motifs is 2. The highest BCUT2D eigenvalue weighted by molar-refractivity contribution is 7.16. The Balaban J connectivity index is 1.32. The number of thiazole rings is 1. The first-order valence-corrected chi connectivity index (χ1v) is 11.2. The predicted molar refractivity (Wildman–Crippen MR) is 119 cm³/mol. The average molecular weight is 418 g/mol. The molecule has 0 saturated heterocycles. The second-order valence-corrected chi connectivity index (χ2v) is 8.84. The van der Waals surface area contributed by atoms with Crippen LogP contribution in [0.1, 0.15) is 24.0 Å². The zero-order valence-corrected chi connectivity index (χ0v) is 17.4. The number of allylic oxidation sites excluding steroid dienone is 2. The summed E-state index contributed by atoms with van der Waals surface area (Å²) in [5.74, 6) is -0.657. The first-order chi connectivity index (χ1) is 14.7. The molecule has 2 atom stereocenters. The summed E-state index contributed by atoms with van der Waals surface area (Å²) in [7, 11) is 0. The molecule has 2 unspecified atom stereocenters. The normalized spacial score (nSPS) is 20.7. The fourth-order valence-electron chi connectivity index (χ4n) is 4.46. The van der Waals surface area contributed by atoms with E-state index in [2.05, 4.69) is 22.4 Å². The van der Waals surface area contributed by atoms with Crippen LogP contribution in [0.15, 0.2) is 60.1 Å². The zero-order chi connectivity index (χ0) is 20.5. The summed E-state index contributed by atoms with van der Waals surface area (Å²) >= 11 is 1.55. The smallest absolute Gasteiger partial charge is 0.228 e. The highest BCUT2D eigenvalue weighted by Crippen LogP contribution is 2.31. The van der Waals surface area contributed by atoms with E-state index in [1.165, 1.54) is 11.1 Å². The van der Waals surface area contributed by atoms with E-state index in [0.717, 1.165) is 22.3 Å². The quantitative estimate of drug-likeness (QED) is 0.643. The number of aromatic nitrogens is 1. The molecule has 5 rings (SSSR count). The molecule has 0 radical (unpaired) electrons. The molecule has 2 aliphatic rings. The van der Waals surface area contributed by atoms with Crippen LogP contribution in [0.3, 0.4) is 0 Å². The lowest BCUT2D eigenvalue weighted by Crippen LogP contribution is -2.44. The van der Waals surface area contributed by atoms with Gasteiger partial charge < -0.3 is 10.2 Å². The van der Waals surface area contributed by atoms with Crippen molar-refractivity contribution in [1.29, 1.82) is 0 Å². The van der Waals surface area contributed by atoms with Gasteiger partial charge in [0.25, 0.3) is 0 Å². The van der Waals surface area contributed by atoms with Gasteiger partial charge in [0.2, 0.25) is 11.8 Å². The molecule has 1 N–H and O–H groups in total. The lowest BCUT2D eigenvalue weighted by atomic mass is 9.81. The van der Waals surface area contributed by atoms with E-state index >= 15 is 0 Å². The molecule has 0 spiro atoms. The summed E-state index contributed by atoms with van der Waals surface area (Å²) in [5, 5.41) is 3.03. The Morgan fingerprint density at radius 2 is 1.83 bits per heavy atom. The van der Waals surface area contributed by atoms with Gasteiger partial charge in [-0.1, -0.05) is 36.4 Å². The van der Waals surface area contributed by atoms with Gasteiger partial charge in [0.15, 0.2) is 0 Å². The lowest BCUT2D eigenvalue weighted by molar-refractivity contribution is -0.141. The Bertz CT molecular complexity index is 1140. The minimum Gasteiger partial charge on any atom is -0.338 e. The lowest BCUT2D eigenvalue weighted by Gasteiger charge is -2.35. The first-order valence-electron chi connectivity index (χ1n) is 10.3. The van der Waals surface area contributed by atoms with E-state index in [1.54, 1.807) is 16.8 Å². The van der Waals surface area contributed by atoms with Crippen LogP contribution in [-0.2, 0) is 22.6 Å². The number of hydrogen-bond donors (Lipinski definition) is 1. The van der Waals surface area contributed by atoms with Crippen molar-refractivity contribution in [2.24, 2.45) is 11.8 Å². The molecule has 2 heterocycles. The third-order valence-corrected chi connectivity index (χ3v) is 6.92.